The molecule has 17 heavy (non-hydrogen) atoms. The summed E-state index contributed by atoms with van der Waals surface area (Å²) in [4.78, 5) is 22.7. The van der Waals surface area contributed by atoms with Crippen molar-refractivity contribution >= 4 is 23.4 Å². The van der Waals surface area contributed by atoms with Crippen molar-refractivity contribution in [3.8, 4) is 0 Å². The lowest BCUT2D eigenvalue weighted by Crippen LogP contribution is -2.26. The van der Waals surface area contributed by atoms with E-state index in [0.717, 1.165) is 0 Å². The highest BCUT2D eigenvalue weighted by Crippen LogP contribution is 2.23. The molecule has 0 spiro atoms. The second-order valence-electron chi connectivity index (χ2n) is 3.59. The number of methoxy groups -OCH3 is 1. The first kappa shape index (κ1) is 13.6. The minimum atomic E-state index is -1.02. The topological polar surface area (TPSA) is 43.4 Å². The van der Waals surface area contributed by atoms with E-state index in [2.05, 4.69) is 4.74 Å². The zero-order valence-electron chi connectivity index (χ0n) is 9.50. The van der Waals surface area contributed by atoms with Gasteiger partial charge < -0.3 is 4.74 Å². The summed E-state index contributed by atoms with van der Waals surface area (Å²) in [5, 5.41) is 0.195. The van der Waals surface area contributed by atoms with Gasteiger partial charge in [0.2, 0.25) is 0 Å². The molecule has 0 radical (unpaired) electrons. The van der Waals surface area contributed by atoms with Crippen molar-refractivity contribution in [3.63, 3.8) is 0 Å². The molecular formula is C12H12ClFO3. The molecule has 0 aliphatic carbocycles. The Morgan fingerprint density at radius 1 is 1.47 bits per heavy atom. The predicted octanol–water partition coefficient (Wildman–Crippen LogP) is 2.40. The number of carbonyl (C=O) groups excluding carboxylic acids is 2. The summed E-state index contributed by atoms with van der Waals surface area (Å²) >= 11 is 5.82. The minimum absolute atomic E-state index is 0.0898. The molecular weight excluding hydrogens is 247 g/mol. The van der Waals surface area contributed by atoms with Gasteiger partial charge >= 0.3 is 5.97 Å². The van der Waals surface area contributed by atoms with Gasteiger partial charge in [0, 0.05) is 10.6 Å². The Balaban J connectivity index is 3.02. The molecule has 0 fully saturated rings. The molecule has 0 saturated heterocycles. The summed E-state index contributed by atoms with van der Waals surface area (Å²) in [6.07, 6.45) is -0.0898. The van der Waals surface area contributed by atoms with Crippen LogP contribution in [0.3, 0.4) is 0 Å². The molecule has 0 amide bonds. The zero-order valence-corrected chi connectivity index (χ0v) is 10.3. The Hall–Kier alpha value is -1.42. The maximum atomic E-state index is 13.5. The SMILES string of the molecule is COC(=O)C(Cc1c(F)cccc1Cl)C(C)=O. The molecule has 0 saturated carbocycles. The summed E-state index contributed by atoms with van der Waals surface area (Å²) < 4.78 is 18.0. The molecule has 0 aliphatic heterocycles. The molecule has 3 nitrogen and oxygen atoms in total. The van der Waals surface area contributed by atoms with Gasteiger partial charge in [-0.2, -0.15) is 0 Å². The van der Waals surface area contributed by atoms with E-state index in [4.69, 9.17) is 11.6 Å². The van der Waals surface area contributed by atoms with Gasteiger partial charge in [0.05, 0.1) is 7.11 Å². The van der Waals surface area contributed by atoms with E-state index in [1.165, 1.54) is 32.2 Å². The number of rotatable bonds is 4. The largest absolute Gasteiger partial charge is 0.468 e. The third-order valence-electron chi connectivity index (χ3n) is 2.45. The van der Waals surface area contributed by atoms with Crippen LogP contribution in [0.1, 0.15) is 12.5 Å². The number of benzene rings is 1. The Morgan fingerprint density at radius 2 is 2.12 bits per heavy atom. The molecule has 1 aromatic carbocycles. The number of esters is 1. The molecule has 0 aliphatic rings. The van der Waals surface area contributed by atoms with Crippen LogP contribution in [0, 0.1) is 11.7 Å². The van der Waals surface area contributed by atoms with Gasteiger partial charge in [-0.1, -0.05) is 17.7 Å². The van der Waals surface area contributed by atoms with E-state index < -0.39 is 17.7 Å². The highest BCUT2D eigenvalue weighted by atomic mass is 35.5. The Labute approximate surface area is 104 Å². The van der Waals surface area contributed by atoms with Gasteiger partial charge in [0.25, 0.3) is 0 Å². The summed E-state index contributed by atoms with van der Waals surface area (Å²) in [6, 6.07) is 4.20. The van der Waals surface area contributed by atoms with Crippen LogP contribution in [0.4, 0.5) is 4.39 Å². The lowest BCUT2D eigenvalue weighted by molar-refractivity contribution is -0.148. The second-order valence-corrected chi connectivity index (χ2v) is 4.00. The first-order valence-corrected chi connectivity index (χ1v) is 5.36. The van der Waals surface area contributed by atoms with Crippen LogP contribution >= 0.6 is 11.6 Å². The summed E-state index contributed by atoms with van der Waals surface area (Å²) in [6.45, 7) is 1.26. The number of carbonyl (C=O) groups is 2. The first-order valence-electron chi connectivity index (χ1n) is 4.98. The fourth-order valence-electron chi connectivity index (χ4n) is 1.47. The normalized spacial score (nSPS) is 12.0. The van der Waals surface area contributed by atoms with Crippen LogP contribution in [0.15, 0.2) is 18.2 Å². The van der Waals surface area contributed by atoms with Crippen LogP contribution in [0.5, 0.6) is 0 Å². The van der Waals surface area contributed by atoms with Crippen molar-refractivity contribution in [2.75, 3.05) is 7.11 Å². The minimum Gasteiger partial charge on any atom is -0.468 e. The predicted molar refractivity (Wildman–Crippen MR) is 61.3 cm³/mol. The van der Waals surface area contributed by atoms with Gasteiger partial charge in [-0.15, -0.1) is 0 Å². The molecule has 0 bridgehead atoms. The van der Waals surface area contributed by atoms with Crippen LogP contribution in [-0.4, -0.2) is 18.9 Å². The monoisotopic (exact) mass is 258 g/mol. The molecule has 92 valence electrons. The fourth-order valence-corrected chi connectivity index (χ4v) is 1.71. The fraction of sp³-hybridized carbons (Fsp3) is 0.333. The number of halogens is 2. The summed E-state index contributed by atoms with van der Waals surface area (Å²) in [5.74, 6) is -2.62. The molecule has 5 heteroatoms. The number of hydrogen-bond donors (Lipinski definition) is 0. The highest BCUT2D eigenvalue weighted by Gasteiger charge is 2.26. The Bertz CT molecular complexity index is 425. The number of hydrogen-bond acceptors (Lipinski definition) is 3. The average molecular weight is 259 g/mol. The molecule has 0 heterocycles. The summed E-state index contributed by atoms with van der Waals surface area (Å²) in [7, 11) is 1.18. The van der Waals surface area contributed by atoms with Crippen molar-refractivity contribution < 1.29 is 18.7 Å². The summed E-state index contributed by atoms with van der Waals surface area (Å²) in [5.41, 5.74) is 0.153. The van der Waals surface area contributed by atoms with E-state index in [9.17, 15) is 14.0 Å². The molecule has 0 N–H and O–H groups in total. The number of ketones is 1. The van der Waals surface area contributed by atoms with Gasteiger partial charge in [-0.05, 0) is 25.5 Å². The maximum absolute atomic E-state index is 13.5. The third kappa shape index (κ3) is 3.27. The van der Waals surface area contributed by atoms with Crippen molar-refractivity contribution in [1.82, 2.24) is 0 Å². The van der Waals surface area contributed by atoms with E-state index >= 15 is 0 Å². The Kier molecular flexibility index (Phi) is 4.63. The van der Waals surface area contributed by atoms with Crippen LogP contribution in [-0.2, 0) is 20.7 Å². The quantitative estimate of drug-likeness (QED) is 0.615. The van der Waals surface area contributed by atoms with Crippen molar-refractivity contribution in [1.29, 1.82) is 0 Å². The van der Waals surface area contributed by atoms with Crippen molar-refractivity contribution in [3.05, 3.63) is 34.6 Å². The molecule has 1 aromatic rings. The van der Waals surface area contributed by atoms with E-state index in [0.29, 0.717) is 0 Å². The maximum Gasteiger partial charge on any atom is 0.316 e. The lowest BCUT2D eigenvalue weighted by Gasteiger charge is -2.12. The molecule has 1 atom stereocenters. The second kappa shape index (κ2) is 5.77. The van der Waals surface area contributed by atoms with E-state index in [1.807, 2.05) is 0 Å². The van der Waals surface area contributed by atoms with Crippen LogP contribution in [0.25, 0.3) is 0 Å². The van der Waals surface area contributed by atoms with Gasteiger partial charge in [0.15, 0.2) is 0 Å². The van der Waals surface area contributed by atoms with Crippen molar-refractivity contribution in [2.24, 2.45) is 5.92 Å². The highest BCUT2D eigenvalue weighted by molar-refractivity contribution is 6.31. The molecule has 1 rings (SSSR count). The molecule has 0 aromatic heterocycles. The van der Waals surface area contributed by atoms with Crippen LogP contribution in [0.2, 0.25) is 5.02 Å². The standard InChI is InChI=1S/C12H12ClFO3/c1-7(15)8(12(16)17-2)6-9-10(13)4-3-5-11(9)14/h3-5,8H,6H2,1-2H3. The zero-order chi connectivity index (χ0) is 13.0. The smallest absolute Gasteiger partial charge is 0.316 e. The van der Waals surface area contributed by atoms with Gasteiger partial charge in [-0.25, -0.2) is 4.39 Å². The number of ether oxygens (including phenoxy) is 1. The van der Waals surface area contributed by atoms with Gasteiger partial charge in [-0.3, -0.25) is 9.59 Å². The van der Waals surface area contributed by atoms with Gasteiger partial charge in [0.1, 0.15) is 17.5 Å². The first-order chi connectivity index (χ1) is 7.97. The van der Waals surface area contributed by atoms with E-state index in [-0.39, 0.29) is 22.8 Å². The van der Waals surface area contributed by atoms with Crippen molar-refractivity contribution in [2.45, 2.75) is 13.3 Å². The average Bonchev–Trinajstić information content (AvgIpc) is 2.27. The molecule has 1 unspecified atom stereocenters. The lowest BCUT2D eigenvalue weighted by atomic mass is 9.95. The van der Waals surface area contributed by atoms with Crippen LogP contribution < -0.4 is 0 Å². The number of Topliss-reactive ketones (excluding diaryl/α,β-unsaturated/α-hetero) is 1. The Morgan fingerprint density at radius 3 is 2.59 bits per heavy atom. The van der Waals surface area contributed by atoms with E-state index in [1.54, 1.807) is 0 Å². The third-order valence-corrected chi connectivity index (χ3v) is 2.80.